The third-order valence-corrected chi connectivity index (χ3v) is 4.20. The van der Waals surface area contributed by atoms with E-state index in [2.05, 4.69) is 51.2 Å². The van der Waals surface area contributed by atoms with Crippen molar-refractivity contribution in [3.8, 4) is 5.75 Å². The van der Waals surface area contributed by atoms with Crippen LogP contribution < -0.4 is 10.1 Å². The van der Waals surface area contributed by atoms with Gasteiger partial charge >= 0.3 is 0 Å². The van der Waals surface area contributed by atoms with Gasteiger partial charge < -0.3 is 10.1 Å². The lowest BCUT2D eigenvalue weighted by Crippen LogP contribution is -2.30. The maximum Gasteiger partial charge on any atom is 0.122 e. The zero-order chi connectivity index (χ0) is 13.8. The van der Waals surface area contributed by atoms with E-state index in [1.807, 2.05) is 0 Å². The molecule has 1 aromatic rings. The Morgan fingerprint density at radius 3 is 2.79 bits per heavy atom. The third kappa shape index (κ3) is 3.73. The van der Waals surface area contributed by atoms with E-state index in [1.165, 1.54) is 24.0 Å². The molecule has 0 radical (unpaired) electrons. The van der Waals surface area contributed by atoms with Gasteiger partial charge in [-0.1, -0.05) is 32.4 Å². The molecule has 19 heavy (non-hydrogen) atoms. The van der Waals surface area contributed by atoms with Gasteiger partial charge in [-0.05, 0) is 43.4 Å². The first kappa shape index (κ1) is 14.4. The van der Waals surface area contributed by atoms with Crippen LogP contribution in [0.25, 0.3) is 0 Å². The zero-order valence-electron chi connectivity index (χ0n) is 12.7. The summed E-state index contributed by atoms with van der Waals surface area (Å²) in [5, 5.41) is 3.71. The summed E-state index contributed by atoms with van der Waals surface area (Å²) in [5.74, 6) is 1.87. The first-order valence-corrected chi connectivity index (χ1v) is 7.61. The molecule has 0 aliphatic carbocycles. The Balaban J connectivity index is 1.94. The maximum atomic E-state index is 5.56. The van der Waals surface area contributed by atoms with Crippen LogP contribution in [0.2, 0.25) is 0 Å². The van der Waals surface area contributed by atoms with Crippen molar-refractivity contribution in [1.82, 2.24) is 5.32 Å². The molecule has 3 atom stereocenters. The van der Waals surface area contributed by atoms with Crippen molar-refractivity contribution in [2.75, 3.05) is 6.61 Å². The Morgan fingerprint density at radius 2 is 2.05 bits per heavy atom. The number of hydrogen-bond donors (Lipinski definition) is 1. The molecule has 3 unspecified atom stereocenters. The van der Waals surface area contributed by atoms with Gasteiger partial charge in [-0.3, -0.25) is 0 Å². The molecule has 1 N–H and O–H groups in total. The van der Waals surface area contributed by atoms with Gasteiger partial charge in [0.15, 0.2) is 0 Å². The molecule has 0 saturated carbocycles. The number of nitrogens with one attached hydrogen (secondary N) is 1. The van der Waals surface area contributed by atoms with Gasteiger partial charge in [-0.15, -0.1) is 0 Å². The van der Waals surface area contributed by atoms with Crippen molar-refractivity contribution >= 4 is 0 Å². The third-order valence-electron chi connectivity index (χ3n) is 4.20. The molecule has 0 bridgehead atoms. The van der Waals surface area contributed by atoms with E-state index in [0.29, 0.717) is 12.1 Å². The molecular weight excluding hydrogens is 234 g/mol. The van der Waals surface area contributed by atoms with Crippen molar-refractivity contribution < 1.29 is 4.74 Å². The minimum atomic E-state index is 0.407. The minimum Gasteiger partial charge on any atom is -0.493 e. The second-order valence-electron chi connectivity index (χ2n) is 6.00. The summed E-state index contributed by atoms with van der Waals surface area (Å²) in [6, 6.07) is 7.59. The van der Waals surface area contributed by atoms with Crippen LogP contribution in [0.4, 0.5) is 0 Å². The summed E-state index contributed by atoms with van der Waals surface area (Å²) in [6.07, 6.45) is 3.56. The van der Waals surface area contributed by atoms with Crippen LogP contribution in [-0.4, -0.2) is 12.6 Å². The first-order chi connectivity index (χ1) is 9.10. The molecule has 0 amide bonds. The minimum absolute atomic E-state index is 0.407. The highest BCUT2D eigenvalue weighted by molar-refractivity contribution is 5.40. The van der Waals surface area contributed by atoms with E-state index in [-0.39, 0.29) is 0 Å². The second kappa shape index (κ2) is 6.42. The number of benzene rings is 1. The molecule has 1 aliphatic rings. The van der Waals surface area contributed by atoms with E-state index >= 15 is 0 Å². The van der Waals surface area contributed by atoms with Crippen LogP contribution in [0.15, 0.2) is 18.2 Å². The van der Waals surface area contributed by atoms with Crippen molar-refractivity contribution in [2.45, 2.75) is 59.0 Å². The Bertz CT molecular complexity index is 416. The van der Waals surface area contributed by atoms with E-state index in [9.17, 15) is 0 Å². The first-order valence-electron chi connectivity index (χ1n) is 7.61. The summed E-state index contributed by atoms with van der Waals surface area (Å²) in [7, 11) is 0. The zero-order valence-corrected chi connectivity index (χ0v) is 12.7. The fraction of sp³-hybridized carbons (Fsp3) is 0.647. The molecule has 106 valence electrons. The fourth-order valence-electron chi connectivity index (χ4n) is 2.84. The largest absolute Gasteiger partial charge is 0.493 e. The quantitative estimate of drug-likeness (QED) is 0.832. The monoisotopic (exact) mass is 261 g/mol. The summed E-state index contributed by atoms with van der Waals surface area (Å²) in [6.45, 7) is 9.98. The summed E-state index contributed by atoms with van der Waals surface area (Å²) >= 11 is 0. The Hall–Kier alpha value is -1.02. The number of ether oxygens (including phenoxy) is 1. The van der Waals surface area contributed by atoms with E-state index in [1.54, 1.807) is 0 Å². The van der Waals surface area contributed by atoms with Crippen LogP contribution in [0.1, 0.15) is 57.7 Å². The number of fused-ring (bicyclic) bond motifs is 1. The molecule has 0 aromatic heterocycles. The molecule has 0 spiro atoms. The molecule has 2 nitrogen and oxygen atoms in total. The lowest BCUT2D eigenvalue weighted by Gasteiger charge is -2.23. The Kier molecular flexibility index (Phi) is 4.87. The van der Waals surface area contributed by atoms with Crippen molar-refractivity contribution in [3.63, 3.8) is 0 Å². The topological polar surface area (TPSA) is 21.3 Å². The molecule has 0 fully saturated rings. The van der Waals surface area contributed by atoms with Crippen LogP contribution >= 0.6 is 0 Å². The van der Waals surface area contributed by atoms with Gasteiger partial charge in [-0.25, -0.2) is 0 Å². The molecule has 1 aliphatic heterocycles. The van der Waals surface area contributed by atoms with Gasteiger partial charge in [0, 0.05) is 18.5 Å². The normalized spacial score (nSPS) is 18.5. The predicted molar refractivity (Wildman–Crippen MR) is 80.7 cm³/mol. The highest BCUT2D eigenvalue weighted by atomic mass is 16.5. The molecule has 1 heterocycles. The Labute approximate surface area is 117 Å². The second-order valence-corrected chi connectivity index (χ2v) is 6.00. The molecule has 1 aromatic carbocycles. The highest BCUT2D eigenvalue weighted by Crippen LogP contribution is 2.28. The van der Waals surface area contributed by atoms with E-state index in [0.717, 1.165) is 24.7 Å². The van der Waals surface area contributed by atoms with Crippen LogP contribution in [0, 0.1) is 5.92 Å². The smallest absolute Gasteiger partial charge is 0.122 e. The van der Waals surface area contributed by atoms with E-state index in [4.69, 9.17) is 4.74 Å². The predicted octanol–water partition coefficient (Wildman–Crippen LogP) is 4.10. The molecule has 2 rings (SSSR count). The van der Waals surface area contributed by atoms with Crippen molar-refractivity contribution in [2.24, 2.45) is 5.92 Å². The molecular formula is C17H27NO. The van der Waals surface area contributed by atoms with Crippen molar-refractivity contribution in [1.29, 1.82) is 0 Å². The maximum absolute atomic E-state index is 5.56. The van der Waals surface area contributed by atoms with E-state index < -0.39 is 0 Å². The van der Waals surface area contributed by atoms with Gasteiger partial charge in [0.25, 0.3) is 0 Å². The molecule has 0 saturated heterocycles. The summed E-state index contributed by atoms with van der Waals surface area (Å²) < 4.78 is 5.56. The standard InChI is InChI=1S/C17H27NO/c1-5-12(2)10-13(3)18-14(4)15-6-7-17-16(11-15)8-9-19-17/h6-7,11-14,18H,5,8-10H2,1-4H3. The average Bonchev–Trinajstić information content (AvgIpc) is 2.85. The molecule has 2 heteroatoms. The number of hydrogen-bond acceptors (Lipinski definition) is 2. The van der Waals surface area contributed by atoms with Gasteiger partial charge in [0.1, 0.15) is 5.75 Å². The van der Waals surface area contributed by atoms with Gasteiger partial charge in [0.05, 0.1) is 6.61 Å². The summed E-state index contributed by atoms with van der Waals surface area (Å²) in [4.78, 5) is 0. The number of rotatable bonds is 6. The lowest BCUT2D eigenvalue weighted by molar-refractivity contribution is 0.356. The fourth-order valence-corrected chi connectivity index (χ4v) is 2.84. The average molecular weight is 261 g/mol. The lowest BCUT2D eigenvalue weighted by atomic mass is 9.98. The highest BCUT2D eigenvalue weighted by Gasteiger charge is 2.16. The van der Waals surface area contributed by atoms with Gasteiger partial charge in [0.2, 0.25) is 0 Å². The SMILES string of the molecule is CCC(C)CC(C)NC(C)c1ccc2c(c1)CCO2. The van der Waals surface area contributed by atoms with Crippen molar-refractivity contribution in [3.05, 3.63) is 29.3 Å². The van der Waals surface area contributed by atoms with Crippen LogP contribution in [0.3, 0.4) is 0 Å². The van der Waals surface area contributed by atoms with Crippen LogP contribution in [-0.2, 0) is 6.42 Å². The van der Waals surface area contributed by atoms with Gasteiger partial charge in [-0.2, -0.15) is 0 Å². The summed E-state index contributed by atoms with van der Waals surface area (Å²) in [5.41, 5.74) is 2.74. The van der Waals surface area contributed by atoms with Crippen LogP contribution in [0.5, 0.6) is 5.75 Å². The Morgan fingerprint density at radius 1 is 1.26 bits per heavy atom.